The highest BCUT2D eigenvalue weighted by Crippen LogP contribution is 2.45. The molecule has 2 aliphatic carbocycles. The molecule has 0 heterocycles. The van der Waals surface area contributed by atoms with Crippen molar-refractivity contribution in [1.82, 2.24) is 0 Å². The zero-order valence-electron chi connectivity index (χ0n) is 23.5. The summed E-state index contributed by atoms with van der Waals surface area (Å²) >= 11 is 0. The Labute approximate surface area is 244 Å². The summed E-state index contributed by atoms with van der Waals surface area (Å²) in [4.78, 5) is 0. The number of alkyl halides is 3. The average Bonchev–Trinajstić information content (AvgIpc) is 2.96. The summed E-state index contributed by atoms with van der Waals surface area (Å²) in [6, 6.07) is 6.33. The van der Waals surface area contributed by atoms with Crippen LogP contribution in [0, 0.1) is 40.8 Å². The molecule has 2 aliphatic rings. The summed E-state index contributed by atoms with van der Waals surface area (Å²) in [6.07, 6.45) is -1.35. The molecule has 3 aromatic carbocycles. The maximum atomic E-state index is 15.7. The molecule has 0 spiro atoms. The fraction of sp³-hybridized carbons (Fsp3) is 0.455. The number of hydrogen-bond acceptors (Lipinski definition) is 1. The molecule has 0 amide bonds. The van der Waals surface area contributed by atoms with Crippen LogP contribution in [0.4, 0.5) is 39.5 Å². The van der Waals surface area contributed by atoms with Gasteiger partial charge in [-0.15, -0.1) is 13.2 Å². The van der Waals surface area contributed by atoms with Crippen molar-refractivity contribution in [2.45, 2.75) is 89.3 Å². The quantitative estimate of drug-likeness (QED) is 0.241. The lowest BCUT2D eigenvalue weighted by molar-refractivity contribution is -0.275. The van der Waals surface area contributed by atoms with E-state index in [1.807, 2.05) is 0 Å². The Bertz CT molecular complexity index is 1490. The second-order valence-corrected chi connectivity index (χ2v) is 11.6. The van der Waals surface area contributed by atoms with Crippen LogP contribution < -0.4 is 4.74 Å². The van der Waals surface area contributed by atoms with E-state index in [1.54, 1.807) is 19.1 Å². The van der Waals surface area contributed by atoms with Crippen molar-refractivity contribution >= 4 is 0 Å². The third-order valence-corrected chi connectivity index (χ3v) is 9.08. The van der Waals surface area contributed by atoms with E-state index in [9.17, 15) is 30.7 Å². The third kappa shape index (κ3) is 6.53. The SMILES string of the molecule is CCc1ccc(CCC2CCc3c(cc(F)c(C4CCC(c5ccc(OC(F)(F)F)c(F)c5F)CC4)c3F)C2)c(F)c1F. The van der Waals surface area contributed by atoms with Crippen LogP contribution in [0.15, 0.2) is 30.3 Å². The molecule has 10 heteroatoms. The highest BCUT2D eigenvalue weighted by Gasteiger charge is 2.35. The molecule has 1 saturated carbocycles. The van der Waals surface area contributed by atoms with Crippen molar-refractivity contribution in [3.05, 3.63) is 98.6 Å². The standard InChI is InChI=1S/C33H31F9O/c1-2-18-6-11-21(29(36)28(18)35)5-3-17-4-12-24-22(15-17)16-25(34)27(30(24)37)20-9-7-19(8-10-20)23-13-14-26(32(39)31(23)38)43-33(40,41)42/h6,11,13-14,16-17,19-20H,2-5,7-10,12,15H2,1H3. The zero-order chi connectivity index (χ0) is 31.1. The number of rotatable bonds is 7. The molecule has 5 rings (SSSR count). The first-order valence-corrected chi connectivity index (χ1v) is 14.6. The Morgan fingerprint density at radius 1 is 0.744 bits per heavy atom. The monoisotopic (exact) mass is 614 g/mol. The van der Waals surface area contributed by atoms with Gasteiger partial charge >= 0.3 is 6.36 Å². The van der Waals surface area contributed by atoms with Gasteiger partial charge in [-0.1, -0.05) is 25.1 Å². The molecule has 232 valence electrons. The van der Waals surface area contributed by atoms with E-state index in [0.717, 1.165) is 12.1 Å². The van der Waals surface area contributed by atoms with Gasteiger partial charge in [0.05, 0.1) is 0 Å². The van der Waals surface area contributed by atoms with Crippen LogP contribution in [0.1, 0.15) is 90.7 Å². The summed E-state index contributed by atoms with van der Waals surface area (Å²) in [5, 5.41) is 0. The van der Waals surface area contributed by atoms with Crippen LogP contribution in [0.3, 0.4) is 0 Å². The van der Waals surface area contributed by atoms with E-state index in [1.165, 1.54) is 6.07 Å². The maximum Gasteiger partial charge on any atom is 0.573 e. The van der Waals surface area contributed by atoms with Gasteiger partial charge in [0.25, 0.3) is 0 Å². The molecule has 0 aliphatic heterocycles. The minimum Gasteiger partial charge on any atom is -0.403 e. The van der Waals surface area contributed by atoms with E-state index >= 15 is 8.78 Å². The number of halogens is 9. The van der Waals surface area contributed by atoms with Gasteiger partial charge in [0.15, 0.2) is 23.2 Å². The number of benzene rings is 3. The Morgan fingerprint density at radius 3 is 2.07 bits per heavy atom. The summed E-state index contributed by atoms with van der Waals surface area (Å²) in [5.74, 6) is -8.28. The third-order valence-electron chi connectivity index (χ3n) is 9.08. The molecular formula is C33H31F9O. The molecule has 3 aromatic rings. The maximum absolute atomic E-state index is 15.7. The lowest BCUT2D eigenvalue weighted by atomic mass is 9.74. The number of hydrogen-bond donors (Lipinski definition) is 0. The number of ether oxygens (including phenoxy) is 1. The predicted molar refractivity (Wildman–Crippen MR) is 143 cm³/mol. The molecule has 1 nitrogen and oxygen atoms in total. The van der Waals surface area contributed by atoms with Crippen LogP contribution in [-0.2, 0) is 25.7 Å². The van der Waals surface area contributed by atoms with Gasteiger partial charge < -0.3 is 4.74 Å². The lowest BCUT2D eigenvalue weighted by Gasteiger charge is -2.32. The van der Waals surface area contributed by atoms with Crippen molar-refractivity contribution in [3.8, 4) is 5.75 Å². The number of aryl methyl sites for hydroxylation is 2. The smallest absolute Gasteiger partial charge is 0.403 e. The van der Waals surface area contributed by atoms with Gasteiger partial charge in [-0.3, -0.25) is 0 Å². The van der Waals surface area contributed by atoms with Crippen molar-refractivity contribution < 1.29 is 44.3 Å². The molecule has 43 heavy (non-hydrogen) atoms. The molecule has 0 N–H and O–H groups in total. The normalized spacial score (nSPS) is 20.7. The zero-order valence-corrected chi connectivity index (χ0v) is 23.5. The average molecular weight is 615 g/mol. The first-order valence-electron chi connectivity index (χ1n) is 14.6. The van der Waals surface area contributed by atoms with Crippen molar-refractivity contribution in [2.24, 2.45) is 5.92 Å². The second-order valence-electron chi connectivity index (χ2n) is 11.6. The Morgan fingerprint density at radius 2 is 1.40 bits per heavy atom. The van der Waals surface area contributed by atoms with Crippen molar-refractivity contribution in [1.29, 1.82) is 0 Å². The van der Waals surface area contributed by atoms with Crippen molar-refractivity contribution in [2.75, 3.05) is 0 Å². The lowest BCUT2D eigenvalue weighted by Crippen LogP contribution is -2.21. The fourth-order valence-electron chi connectivity index (χ4n) is 6.77. The largest absolute Gasteiger partial charge is 0.573 e. The Balaban J connectivity index is 1.24. The molecular weight excluding hydrogens is 583 g/mol. The van der Waals surface area contributed by atoms with Gasteiger partial charge in [0.1, 0.15) is 11.6 Å². The van der Waals surface area contributed by atoms with Gasteiger partial charge in [-0.2, -0.15) is 4.39 Å². The topological polar surface area (TPSA) is 9.23 Å². The van der Waals surface area contributed by atoms with Gasteiger partial charge in [0.2, 0.25) is 5.82 Å². The van der Waals surface area contributed by atoms with E-state index in [0.29, 0.717) is 68.1 Å². The van der Waals surface area contributed by atoms with Crippen LogP contribution in [-0.4, -0.2) is 6.36 Å². The molecule has 0 bridgehead atoms. The minimum atomic E-state index is -5.17. The van der Waals surface area contributed by atoms with Crippen LogP contribution in [0.5, 0.6) is 5.75 Å². The fourth-order valence-corrected chi connectivity index (χ4v) is 6.77. The molecule has 1 unspecified atom stereocenters. The molecule has 0 aromatic heterocycles. The van der Waals surface area contributed by atoms with E-state index < -0.39 is 58.9 Å². The van der Waals surface area contributed by atoms with Gasteiger partial charge in [0, 0.05) is 5.56 Å². The molecule has 1 atom stereocenters. The van der Waals surface area contributed by atoms with E-state index in [-0.39, 0.29) is 35.4 Å². The van der Waals surface area contributed by atoms with Crippen LogP contribution in [0.25, 0.3) is 0 Å². The summed E-state index contributed by atoms with van der Waals surface area (Å²) < 4.78 is 129. The highest BCUT2D eigenvalue weighted by atomic mass is 19.4. The van der Waals surface area contributed by atoms with Crippen LogP contribution in [0.2, 0.25) is 0 Å². The Kier molecular flexibility index (Phi) is 9.05. The highest BCUT2D eigenvalue weighted by molar-refractivity contribution is 5.40. The van der Waals surface area contributed by atoms with E-state index in [2.05, 4.69) is 4.74 Å². The first kappa shape index (κ1) is 31.3. The van der Waals surface area contributed by atoms with Gasteiger partial charge in [-0.05, 0) is 122 Å². The van der Waals surface area contributed by atoms with Gasteiger partial charge in [-0.25, -0.2) is 22.0 Å². The van der Waals surface area contributed by atoms with Crippen LogP contribution >= 0.6 is 0 Å². The molecule has 0 radical (unpaired) electrons. The van der Waals surface area contributed by atoms with E-state index in [4.69, 9.17) is 0 Å². The molecule has 1 fully saturated rings. The number of fused-ring (bicyclic) bond motifs is 1. The summed E-state index contributed by atoms with van der Waals surface area (Å²) in [7, 11) is 0. The predicted octanol–water partition coefficient (Wildman–Crippen LogP) is 10.2. The minimum absolute atomic E-state index is 0.0233. The van der Waals surface area contributed by atoms with Crippen molar-refractivity contribution in [3.63, 3.8) is 0 Å². The summed E-state index contributed by atoms with van der Waals surface area (Å²) in [6.45, 7) is 1.75. The Hall–Kier alpha value is -3.17. The first-order chi connectivity index (χ1) is 20.4. The molecule has 0 saturated heterocycles. The second kappa shape index (κ2) is 12.4. The summed E-state index contributed by atoms with van der Waals surface area (Å²) in [5.41, 5.74) is 1.51.